The minimum absolute atomic E-state index is 0.0706. The van der Waals surface area contributed by atoms with Gasteiger partial charge in [0, 0.05) is 20.4 Å². The molecular formula is C21H29NO8. The molecule has 30 heavy (non-hydrogen) atoms. The fourth-order valence-electron chi connectivity index (χ4n) is 2.46. The van der Waals surface area contributed by atoms with Crippen molar-refractivity contribution in [1.82, 2.24) is 5.32 Å². The second-order valence-electron chi connectivity index (χ2n) is 6.68. The van der Waals surface area contributed by atoms with Crippen molar-refractivity contribution >= 4 is 23.9 Å². The highest BCUT2D eigenvalue weighted by atomic mass is 16.6. The van der Waals surface area contributed by atoms with Gasteiger partial charge in [0.15, 0.2) is 11.5 Å². The smallest absolute Gasteiger partial charge is 0.323 e. The van der Waals surface area contributed by atoms with Gasteiger partial charge in [-0.05, 0) is 30.5 Å². The Hall–Kier alpha value is -2.94. The fourth-order valence-corrected chi connectivity index (χ4v) is 2.46. The van der Waals surface area contributed by atoms with E-state index in [0.717, 1.165) is 0 Å². The van der Waals surface area contributed by atoms with E-state index in [-0.39, 0.29) is 43.0 Å². The first-order valence-electron chi connectivity index (χ1n) is 9.65. The Morgan fingerprint density at radius 2 is 1.63 bits per heavy atom. The van der Waals surface area contributed by atoms with E-state index in [4.69, 9.17) is 18.9 Å². The molecule has 1 aromatic carbocycles. The highest BCUT2D eigenvalue weighted by molar-refractivity contribution is 5.76. The van der Waals surface area contributed by atoms with E-state index in [1.54, 1.807) is 13.0 Å². The summed E-state index contributed by atoms with van der Waals surface area (Å²) in [6.07, 6.45) is 0.894. The Labute approximate surface area is 176 Å². The number of benzene rings is 1. The van der Waals surface area contributed by atoms with E-state index < -0.39 is 23.9 Å². The Kier molecular flexibility index (Phi) is 10.5. The molecular weight excluding hydrogens is 394 g/mol. The zero-order chi connectivity index (χ0) is 22.7. The first kappa shape index (κ1) is 25.1. The third kappa shape index (κ3) is 8.60. The van der Waals surface area contributed by atoms with Crippen molar-refractivity contribution in [2.45, 2.75) is 46.6 Å². The molecule has 1 unspecified atom stereocenters. The molecule has 0 aliphatic carbocycles. The minimum atomic E-state index is -0.720. The van der Waals surface area contributed by atoms with Gasteiger partial charge in [-0.25, -0.2) is 0 Å². The van der Waals surface area contributed by atoms with E-state index in [1.807, 2.05) is 6.92 Å². The van der Waals surface area contributed by atoms with Gasteiger partial charge in [-0.2, -0.15) is 0 Å². The van der Waals surface area contributed by atoms with Crippen molar-refractivity contribution in [3.63, 3.8) is 0 Å². The van der Waals surface area contributed by atoms with Gasteiger partial charge < -0.3 is 24.3 Å². The van der Waals surface area contributed by atoms with Crippen molar-refractivity contribution in [1.29, 1.82) is 0 Å². The summed E-state index contributed by atoms with van der Waals surface area (Å²) in [5, 5.41) is 2.99. The summed E-state index contributed by atoms with van der Waals surface area (Å²) in [4.78, 5) is 46.4. The maximum Gasteiger partial charge on any atom is 0.323 e. The lowest BCUT2D eigenvalue weighted by Crippen LogP contribution is -2.41. The van der Waals surface area contributed by atoms with Crippen molar-refractivity contribution in [2.24, 2.45) is 5.92 Å². The van der Waals surface area contributed by atoms with Gasteiger partial charge >= 0.3 is 23.9 Å². The standard InChI is InChI=1S/C21H29NO8/c1-6-13(2)20(25)28-10-9-22-17(21(26)27-5)11-16-7-8-18(29-14(3)23)19(12-16)30-15(4)24/h7-8,12-13,17,22H,6,9-11H2,1-5H3/t13?,17-/m0/s1. The lowest BCUT2D eigenvalue weighted by Gasteiger charge is -2.18. The predicted molar refractivity (Wildman–Crippen MR) is 107 cm³/mol. The molecule has 0 heterocycles. The van der Waals surface area contributed by atoms with Crippen molar-refractivity contribution in [3.8, 4) is 11.5 Å². The lowest BCUT2D eigenvalue weighted by atomic mass is 10.1. The number of carbonyl (C=O) groups excluding carboxylic acids is 4. The molecule has 0 saturated heterocycles. The molecule has 0 saturated carbocycles. The summed E-state index contributed by atoms with van der Waals surface area (Å²) in [7, 11) is 1.27. The van der Waals surface area contributed by atoms with Crippen LogP contribution in [0, 0.1) is 5.92 Å². The van der Waals surface area contributed by atoms with E-state index >= 15 is 0 Å². The molecule has 0 radical (unpaired) electrons. The van der Waals surface area contributed by atoms with Crippen LogP contribution in [0.1, 0.15) is 39.7 Å². The molecule has 1 N–H and O–H groups in total. The van der Waals surface area contributed by atoms with E-state index in [2.05, 4.69) is 5.32 Å². The van der Waals surface area contributed by atoms with Crippen LogP contribution in [-0.2, 0) is 35.1 Å². The normalized spacial score (nSPS) is 12.4. The second-order valence-corrected chi connectivity index (χ2v) is 6.68. The Bertz CT molecular complexity index is 761. The topological polar surface area (TPSA) is 117 Å². The van der Waals surface area contributed by atoms with Gasteiger partial charge in [-0.15, -0.1) is 0 Å². The number of rotatable bonds is 11. The summed E-state index contributed by atoms with van der Waals surface area (Å²) >= 11 is 0. The average molecular weight is 423 g/mol. The Morgan fingerprint density at radius 3 is 2.20 bits per heavy atom. The van der Waals surface area contributed by atoms with Crippen LogP contribution in [0.3, 0.4) is 0 Å². The van der Waals surface area contributed by atoms with E-state index in [1.165, 1.54) is 33.1 Å². The Morgan fingerprint density at radius 1 is 1.00 bits per heavy atom. The average Bonchev–Trinajstić information content (AvgIpc) is 2.69. The summed E-state index contributed by atoms with van der Waals surface area (Å²) in [6, 6.07) is 3.92. The van der Waals surface area contributed by atoms with Gasteiger partial charge in [0.25, 0.3) is 0 Å². The number of ether oxygens (including phenoxy) is 4. The maximum absolute atomic E-state index is 12.1. The van der Waals surface area contributed by atoms with Gasteiger partial charge in [0.1, 0.15) is 12.6 Å². The summed E-state index contributed by atoms with van der Waals surface area (Å²) < 4.78 is 20.1. The van der Waals surface area contributed by atoms with Gasteiger partial charge in [0.2, 0.25) is 0 Å². The monoisotopic (exact) mass is 423 g/mol. The SMILES string of the molecule is CCC(C)C(=O)OCCN[C@@H](Cc1ccc(OC(C)=O)c(OC(C)=O)c1)C(=O)OC. The van der Waals surface area contributed by atoms with Crippen LogP contribution in [0.5, 0.6) is 11.5 Å². The first-order valence-corrected chi connectivity index (χ1v) is 9.65. The lowest BCUT2D eigenvalue weighted by molar-refractivity contribution is -0.148. The van der Waals surface area contributed by atoms with Gasteiger partial charge in [-0.1, -0.05) is 19.9 Å². The molecule has 0 aliphatic heterocycles. The van der Waals surface area contributed by atoms with E-state index in [0.29, 0.717) is 12.0 Å². The van der Waals surface area contributed by atoms with Gasteiger partial charge in [-0.3, -0.25) is 19.2 Å². The summed E-state index contributed by atoms with van der Waals surface area (Å²) in [5.41, 5.74) is 0.640. The first-order chi connectivity index (χ1) is 14.2. The largest absolute Gasteiger partial charge is 0.468 e. The number of methoxy groups -OCH3 is 1. The third-order valence-corrected chi connectivity index (χ3v) is 4.19. The molecule has 0 aromatic heterocycles. The van der Waals surface area contributed by atoms with Crippen LogP contribution in [0.25, 0.3) is 0 Å². The van der Waals surface area contributed by atoms with Crippen LogP contribution < -0.4 is 14.8 Å². The van der Waals surface area contributed by atoms with Crippen LogP contribution in [-0.4, -0.2) is 50.2 Å². The molecule has 2 atom stereocenters. The number of hydrogen-bond acceptors (Lipinski definition) is 9. The quantitative estimate of drug-likeness (QED) is 0.323. The van der Waals surface area contributed by atoms with Crippen molar-refractivity contribution < 1.29 is 38.1 Å². The molecule has 0 fully saturated rings. The van der Waals surface area contributed by atoms with Crippen LogP contribution in [0.2, 0.25) is 0 Å². The number of nitrogens with one attached hydrogen (secondary N) is 1. The molecule has 166 valence electrons. The fraction of sp³-hybridized carbons (Fsp3) is 0.524. The Balaban J connectivity index is 2.84. The predicted octanol–water partition coefficient (Wildman–Crippen LogP) is 1.80. The molecule has 0 aliphatic rings. The van der Waals surface area contributed by atoms with Crippen LogP contribution in [0.4, 0.5) is 0 Å². The van der Waals surface area contributed by atoms with Gasteiger partial charge in [0.05, 0.1) is 13.0 Å². The molecule has 9 heteroatoms. The number of esters is 4. The minimum Gasteiger partial charge on any atom is -0.468 e. The maximum atomic E-state index is 12.1. The molecule has 0 amide bonds. The highest BCUT2D eigenvalue weighted by Gasteiger charge is 2.21. The zero-order valence-corrected chi connectivity index (χ0v) is 18.0. The number of carbonyl (C=O) groups is 4. The molecule has 0 bridgehead atoms. The summed E-state index contributed by atoms with van der Waals surface area (Å²) in [5.74, 6) is -1.94. The molecule has 1 rings (SSSR count). The molecule has 0 spiro atoms. The van der Waals surface area contributed by atoms with Crippen LogP contribution in [0.15, 0.2) is 18.2 Å². The zero-order valence-electron chi connectivity index (χ0n) is 18.0. The van der Waals surface area contributed by atoms with E-state index in [9.17, 15) is 19.2 Å². The van der Waals surface area contributed by atoms with Crippen molar-refractivity contribution in [2.75, 3.05) is 20.3 Å². The van der Waals surface area contributed by atoms with Crippen LogP contribution >= 0.6 is 0 Å². The number of hydrogen-bond donors (Lipinski definition) is 1. The second kappa shape index (κ2) is 12.6. The highest BCUT2D eigenvalue weighted by Crippen LogP contribution is 2.29. The van der Waals surface area contributed by atoms with Crippen molar-refractivity contribution in [3.05, 3.63) is 23.8 Å². The third-order valence-electron chi connectivity index (χ3n) is 4.19. The molecule has 1 aromatic rings. The molecule has 9 nitrogen and oxygen atoms in total. The summed E-state index contributed by atoms with van der Waals surface area (Å²) in [6.45, 7) is 6.51.